The minimum absolute atomic E-state index is 0.00153. The molecule has 0 fully saturated rings. The van der Waals surface area contributed by atoms with Crippen molar-refractivity contribution >= 4 is 11.8 Å². The van der Waals surface area contributed by atoms with Crippen LogP contribution in [0.5, 0.6) is 0 Å². The largest absolute Gasteiger partial charge is 0.353 e. The summed E-state index contributed by atoms with van der Waals surface area (Å²) in [6.45, 7) is 4.42. The Morgan fingerprint density at radius 2 is 1.45 bits per heavy atom. The van der Waals surface area contributed by atoms with Gasteiger partial charge in [0, 0.05) is 12.6 Å². The number of hydrogen-bond donors (Lipinski definition) is 2. The summed E-state index contributed by atoms with van der Waals surface area (Å²) < 4.78 is 0. The van der Waals surface area contributed by atoms with Gasteiger partial charge in [-0.25, -0.2) is 0 Å². The molecule has 0 aliphatic heterocycles. The fourth-order valence-electron chi connectivity index (χ4n) is 3.19. The van der Waals surface area contributed by atoms with Gasteiger partial charge in [0.2, 0.25) is 11.8 Å². The van der Waals surface area contributed by atoms with Gasteiger partial charge in [0.25, 0.3) is 0 Å². The summed E-state index contributed by atoms with van der Waals surface area (Å²) in [6, 6.07) is 19.4. The van der Waals surface area contributed by atoms with Crippen molar-refractivity contribution in [3.05, 3.63) is 71.8 Å². The van der Waals surface area contributed by atoms with Crippen molar-refractivity contribution in [1.29, 1.82) is 0 Å². The highest BCUT2D eigenvalue weighted by Crippen LogP contribution is 2.08. The van der Waals surface area contributed by atoms with E-state index in [1.807, 2.05) is 76.5 Å². The fourth-order valence-corrected chi connectivity index (χ4v) is 3.19. The van der Waals surface area contributed by atoms with Crippen LogP contribution >= 0.6 is 0 Å². The quantitative estimate of drug-likeness (QED) is 0.650. The average molecular weight is 396 g/mol. The van der Waals surface area contributed by atoms with Crippen molar-refractivity contribution in [2.75, 3.05) is 20.6 Å². The Morgan fingerprint density at radius 3 is 1.97 bits per heavy atom. The van der Waals surface area contributed by atoms with Crippen LogP contribution in [0.1, 0.15) is 25.0 Å². The number of rotatable bonds is 10. The Labute approximate surface area is 174 Å². The molecule has 5 nitrogen and oxygen atoms in total. The Bertz CT molecular complexity index is 760. The number of carbonyl (C=O) groups excluding carboxylic acids is 2. The molecule has 2 aromatic rings. The average Bonchev–Trinajstić information content (AvgIpc) is 2.70. The van der Waals surface area contributed by atoms with E-state index in [9.17, 15) is 9.59 Å². The molecule has 0 spiro atoms. The van der Waals surface area contributed by atoms with Gasteiger partial charge in [-0.1, -0.05) is 74.5 Å². The highest BCUT2D eigenvalue weighted by Gasteiger charge is 2.25. The molecular weight excluding hydrogens is 362 g/mol. The van der Waals surface area contributed by atoms with Crippen LogP contribution in [-0.4, -0.2) is 49.4 Å². The van der Waals surface area contributed by atoms with E-state index in [-0.39, 0.29) is 30.2 Å². The summed E-state index contributed by atoms with van der Waals surface area (Å²) in [7, 11) is 4.03. The third kappa shape index (κ3) is 7.70. The molecule has 0 aliphatic rings. The standard InChI is InChI=1S/C24H33N3O2/c1-18(2)23(26-22(28)16-20-13-9-6-10-14-20)24(29)25-17-21(27(3)4)15-19-11-7-5-8-12-19/h5-14,18,21,23H,15-17H2,1-4H3,(H,25,29)(H,26,28). The molecule has 0 saturated carbocycles. The number of carbonyl (C=O) groups is 2. The normalized spacial score (nSPS) is 13.2. The molecule has 0 aromatic heterocycles. The molecule has 2 aromatic carbocycles. The first-order valence-electron chi connectivity index (χ1n) is 10.2. The monoisotopic (exact) mass is 395 g/mol. The molecule has 2 unspecified atom stereocenters. The number of benzene rings is 2. The second kappa shape index (κ2) is 11.4. The number of nitrogens with one attached hydrogen (secondary N) is 2. The van der Waals surface area contributed by atoms with Crippen molar-refractivity contribution in [3.63, 3.8) is 0 Å². The van der Waals surface area contributed by atoms with Crippen molar-refractivity contribution in [1.82, 2.24) is 15.5 Å². The van der Waals surface area contributed by atoms with Crippen LogP contribution < -0.4 is 10.6 Å². The lowest BCUT2D eigenvalue weighted by molar-refractivity contribution is -0.129. The second-order valence-corrected chi connectivity index (χ2v) is 8.00. The zero-order chi connectivity index (χ0) is 21.2. The van der Waals surface area contributed by atoms with E-state index in [0.717, 1.165) is 12.0 Å². The highest BCUT2D eigenvalue weighted by molar-refractivity contribution is 5.88. The van der Waals surface area contributed by atoms with E-state index in [1.54, 1.807) is 0 Å². The molecule has 0 saturated heterocycles. The van der Waals surface area contributed by atoms with Crippen LogP contribution in [-0.2, 0) is 22.4 Å². The van der Waals surface area contributed by atoms with E-state index in [4.69, 9.17) is 0 Å². The summed E-state index contributed by atoms with van der Waals surface area (Å²) in [5, 5.41) is 5.94. The number of amides is 2. The maximum Gasteiger partial charge on any atom is 0.242 e. The van der Waals surface area contributed by atoms with Gasteiger partial charge in [0.1, 0.15) is 6.04 Å². The number of hydrogen-bond acceptors (Lipinski definition) is 3. The first kappa shape index (κ1) is 22.6. The third-order valence-electron chi connectivity index (χ3n) is 5.03. The van der Waals surface area contributed by atoms with Gasteiger partial charge in [-0.05, 0) is 37.6 Å². The van der Waals surface area contributed by atoms with E-state index >= 15 is 0 Å². The number of nitrogens with zero attached hydrogens (tertiary/aromatic N) is 1. The Balaban J connectivity index is 1.92. The Morgan fingerprint density at radius 1 is 0.897 bits per heavy atom. The minimum atomic E-state index is -0.550. The second-order valence-electron chi connectivity index (χ2n) is 8.00. The lowest BCUT2D eigenvalue weighted by Crippen LogP contribution is -2.52. The number of likely N-dealkylation sites (N-methyl/N-ethyl adjacent to an activating group) is 1. The molecular formula is C24H33N3O2. The van der Waals surface area contributed by atoms with Crippen molar-refractivity contribution in [3.8, 4) is 0 Å². The smallest absolute Gasteiger partial charge is 0.242 e. The SMILES string of the molecule is CC(C)C(NC(=O)Cc1ccccc1)C(=O)NCC(Cc1ccccc1)N(C)C. The van der Waals surface area contributed by atoms with E-state index in [0.29, 0.717) is 6.54 Å². The molecule has 5 heteroatoms. The van der Waals surface area contributed by atoms with Gasteiger partial charge in [-0.15, -0.1) is 0 Å². The molecule has 2 amide bonds. The van der Waals surface area contributed by atoms with E-state index < -0.39 is 6.04 Å². The molecule has 2 rings (SSSR count). The maximum atomic E-state index is 12.8. The van der Waals surface area contributed by atoms with Crippen LogP contribution in [0.25, 0.3) is 0 Å². The van der Waals surface area contributed by atoms with Crippen LogP contribution in [0.4, 0.5) is 0 Å². The molecule has 2 N–H and O–H groups in total. The molecule has 29 heavy (non-hydrogen) atoms. The molecule has 2 atom stereocenters. The first-order chi connectivity index (χ1) is 13.9. The zero-order valence-corrected chi connectivity index (χ0v) is 17.9. The predicted octanol–water partition coefficient (Wildman–Crippen LogP) is 2.66. The van der Waals surface area contributed by atoms with Gasteiger partial charge in [-0.2, -0.15) is 0 Å². The van der Waals surface area contributed by atoms with Crippen LogP contribution in [0.15, 0.2) is 60.7 Å². The Hall–Kier alpha value is -2.66. The summed E-state index contributed by atoms with van der Waals surface area (Å²) in [6.07, 6.45) is 1.12. The van der Waals surface area contributed by atoms with Crippen LogP contribution in [0, 0.1) is 5.92 Å². The van der Waals surface area contributed by atoms with E-state index in [1.165, 1.54) is 5.56 Å². The molecule has 0 bridgehead atoms. The molecule has 0 heterocycles. The topological polar surface area (TPSA) is 61.4 Å². The zero-order valence-electron chi connectivity index (χ0n) is 17.9. The molecule has 0 radical (unpaired) electrons. The van der Waals surface area contributed by atoms with Crippen molar-refractivity contribution < 1.29 is 9.59 Å². The van der Waals surface area contributed by atoms with Crippen molar-refractivity contribution in [2.45, 2.75) is 38.8 Å². The minimum Gasteiger partial charge on any atom is -0.353 e. The maximum absolute atomic E-state index is 12.8. The Kier molecular flexibility index (Phi) is 8.87. The highest BCUT2D eigenvalue weighted by atomic mass is 16.2. The fraction of sp³-hybridized carbons (Fsp3) is 0.417. The molecule has 0 aliphatic carbocycles. The summed E-state index contributed by atoms with van der Waals surface area (Å²) in [5.41, 5.74) is 2.17. The van der Waals surface area contributed by atoms with Gasteiger partial charge < -0.3 is 15.5 Å². The predicted molar refractivity (Wildman–Crippen MR) is 118 cm³/mol. The van der Waals surface area contributed by atoms with E-state index in [2.05, 4.69) is 27.7 Å². The van der Waals surface area contributed by atoms with Gasteiger partial charge in [-0.3, -0.25) is 9.59 Å². The van der Waals surface area contributed by atoms with Crippen molar-refractivity contribution in [2.24, 2.45) is 5.92 Å². The lowest BCUT2D eigenvalue weighted by Gasteiger charge is -2.27. The van der Waals surface area contributed by atoms with Gasteiger partial charge in [0.15, 0.2) is 0 Å². The summed E-state index contributed by atoms with van der Waals surface area (Å²) in [4.78, 5) is 27.3. The van der Waals surface area contributed by atoms with Gasteiger partial charge >= 0.3 is 0 Å². The molecule has 156 valence electrons. The lowest BCUT2D eigenvalue weighted by atomic mass is 10.0. The van der Waals surface area contributed by atoms with Crippen LogP contribution in [0.2, 0.25) is 0 Å². The van der Waals surface area contributed by atoms with Crippen LogP contribution in [0.3, 0.4) is 0 Å². The summed E-state index contributed by atoms with van der Waals surface area (Å²) in [5.74, 6) is -0.276. The van der Waals surface area contributed by atoms with Gasteiger partial charge in [0.05, 0.1) is 6.42 Å². The third-order valence-corrected chi connectivity index (χ3v) is 5.03. The summed E-state index contributed by atoms with van der Waals surface area (Å²) >= 11 is 0. The first-order valence-corrected chi connectivity index (χ1v) is 10.2.